The van der Waals surface area contributed by atoms with Crippen molar-refractivity contribution in [3.8, 4) is 0 Å². The van der Waals surface area contributed by atoms with Crippen molar-refractivity contribution < 1.29 is 31.9 Å². The number of quaternary nitrogens is 1. The molecule has 0 bridgehead atoms. The Morgan fingerprint density at radius 1 is 1.14 bits per heavy atom. The van der Waals surface area contributed by atoms with Gasteiger partial charge in [0.2, 0.25) is 0 Å². The summed E-state index contributed by atoms with van der Waals surface area (Å²) in [6.45, 7) is 1.28. The first-order chi connectivity index (χ1) is 9.58. The molecule has 1 aromatic rings. The summed E-state index contributed by atoms with van der Waals surface area (Å²) in [6, 6.07) is 9.76. The molecule has 0 saturated heterocycles. The third-order valence-corrected chi connectivity index (χ3v) is 3.63. The van der Waals surface area contributed by atoms with Crippen molar-refractivity contribution in [3.63, 3.8) is 0 Å². The van der Waals surface area contributed by atoms with Gasteiger partial charge in [-0.05, 0) is 5.56 Å². The van der Waals surface area contributed by atoms with Crippen LogP contribution in [0.4, 0.5) is 4.79 Å². The van der Waals surface area contributed by atoms with E-state index in [0.29, 0.717) is 24.7 Å². The number of amides is 3. The van der Waals surface area contributed by atoms with E-state index in [1.54, 1.807) is 11.9 Å². The molecular weight excluding hydrogens is 336 g/mol. The van der Waals surface area contributed by atoms with Gasteiger partial charge >= 0.3 is 11.9 Å². The molecule has 21 heavy (non-hydrogen) atoms. The second-order valence-corrected chi connectivity index (χ2v) is 5.10. The number of imide groups is 1. The minimum atomic E-state index is -0.262. The first kappa shape index (κ1) is 15.5. The molecule has 2 heterocycles. The Labute approximate surface area is 133 Å². The van der Waals surface area contributed by atoms with Crippen LogP contribution in [0.3, 0.4) is 0 Å². The van der Waals surface area contributed by atoms with Crippen LogP contribution >= 0.6 is 0 Å². The molecule has 3 amide bonds. The van der Waals surface area contributed by atoms with Crippen molar-refractivity contribution >= 4 is 11.9 Å². The van der Waals surface area contributed by atoms with Gasteiger partial charge in [0.25, 0.3) is 0 Å². The lowest BCUT2D eigenvalue weighted by atomic mass is 10.2. The summed E-state index contributed by atoms with van der Waals surface area (Å²) in [4.78, 5) is 29.3. The largest absolute Gasteiger partial charge is 1.00 e. The van der Waals surface area contributed by atoms with Crippen LogP contribution in [0.25, 0.3) is 0 Å². The van der Waals surface area contributed by atoms with Crippen LogP contribution in [-0.2, 0) is 11.3 Å². The Bertz CT molecular complexity index is 602. The Balaban J connectivity index is 0.00000161. The minimum Gasteiger partial charge on any atom is -1.00 e. The first-order valence-electron chi connectivity index (χ1n) is 6.49. The molecule has 3 rings (SSSR count). The molecular formula is C14H17BrN4O2. The Morgan fingerprint density at radius 3 is 2.48 bits per heavy atom. The van der Waals surface area contributed by atoms with Crippen molar-refractivity contribution in [1.82, 2.24) is 14.7 Å². The summed E-state index contributed by atoms with van der Waals surface area (Å²) in [5.74, 6) is 0.495. The predicted molar refractivity (Wildman–Crippen MR) is 71.7 cm³/mol. The molecule has 112 valence electrons. The average molecular weight is 353 g/mol. The SMILES string of the molecule is CN1CN(Cc2ccccc2)C2=C1C(=O)[NH2+]C(=O)N2C.[Br-]. The molecule has 2 aliphatic rings. The van der Waals surface area contributed by atoms with Gasteiger partial charge in [-0.2, -0.15) is 5.32 Å². The Hall–Kier alpha value is -1.86. The number of hydrogen-bond donors (Lipinski definition) is 1. The van der Waals surface area contributed by atoms with Gasteiger partial charge in [-0.25, -0.2) is 14.5 Å². The van der Waals surface area contributed by atoms with E-state index in [9.17, 15) is 9.59 Å². The number of hydrogen-bond acceptors (Lipinski definition) is 4. The van der Waals surface area contributed by atoms with Crippen LogP contribution in [0, 0.1) is 0 Å². The van der Waals surface area contributed by atoms with Crippen LogP contribution in [0.2, 0.25) is 0 Å². The number of rotatable bonds is 2. The quantitative estimate of drug-likeness (QED) is 0.606. The number of urea groups is 1. The van der Waals surface area contributed by atoms with E-state index >= 15 is 0 Å². The third-order valence-electron chi connectivity index (χ3n) is 3.63. The van der Waals surface area contributed by atoms with Crippen molar-refractivity contribution in [3.05, 3.63) is 47.4 Å². The van der Waals surface area contributed by atoms with E-state index in [2.05, 4.69) is 0 Å². The fourth-order valence-corrected chi connectivity index (χ4v) is 2.69. The second kappa shape index (κ2) is 5.87. The molecule has 0 aromatic heterocycles. The third kappa shape index (κ3) is 2.66. The summed E-state index contributed by atoms with van der Waals surface area (Å²) in [7, 11) is 3.58. The zero-order chi connectivity index (χ0) is 14.3. The van der Waals surface area contributed by atoms with Gasteiger partial charge in [0.05, 0.1) is 6.67 Å². The number of primary amides is 2. The lowest BCUT2D eigenvalue weighted by molar-refractivity contribution is -0.476. The van der Waals surface area contributed by atoms with E-state index in [1.165, 1.54) is 0 Å². The maximum absolute atomic E-state index is 12.0. The van der Waals surface area contributed by atoms with E-state index in [1.807, 2.05) is 47.2 Å². The molecule has 2 N–H and O–H groups in total. The molecule has 2 aliphatic heterocycles. The van der Waals surface area contributed by atoms with Gasteiger partial charge in [0.1, 0.15) is 0 Å². The molecule has 0 saturated carbocycles. The highest BCUT2D eigenvalue weighted by Gasteiger charge is 2.43. The predicted octanol–water partition coefficient (Wildman–Crippen LogP) is -3.28. The minimum absolute atomic E-state index is 0. The normalized spacial score (nSPS) is 18.1. The van der Waals surface area contributed by atoms with Gasteiger partial charge in [-0.15, -0.1) is 0 Å². The van der Waals surface area contributed by atoms with E-state index in [0.717, 1.165) is 10.9 Å². The molecule has 0 radical (unpaired) electrons. The van der Waals surface area contributed by atoms with Crippen molar-refractivity contribution in [2.45, 2.75) is 6.54 Å². The van der Waals surface area contributed by atoms with Crippen molar-refractivity contribution in [2.75, 3.05) is 20.8 Å². The van der Waals surface area contributed by atoms with Crippen LogP contribution < -0.4 is 22.3 Å². The summed E-state index contributed by atoms with van der Waals surface area (Å²) in [5, 5.41) is 1.15. The van der Waals surface area contributed by atoms with Crippen LogP contribution in [-0.4, -0.2) is 47.4 Å². The van der Waals surface area contributed by atoms with Gasteiger partial charge in [-0.3, -0.25) is 0 Å². The van der Waals surface area contributed by atoms with Gasteiger partial charge in [-0.1, -0.05) is 30.3 Å². The van der Waals surface area contributed by atoms with Gasteiger partial charge in [0, 0.05) is 20.6 Å². The molecule has 6 nitrogen and oxygen atoms in total. The number of nitrogens with two attached hydrogens (primary N) is 1. The standard InChI is InChI=1S/C14H16N4O2.BrH/c1-16-9-18(8-10-6-4-3-5-7-10)13-11(16)12(19)15-14(20)17(13)2;/h3-7H,8-9H2,1-2H3,(H,15,19,20);1H. The van der Waals surface area contributed by atoms with Crippen LogP contribution in [0.15, 0.2) is 41.8 Å². The Kier molecular flexibility index (Phi) is 4.34. The summed E-state index contributed by atoms with van der Waals surface area (Å²) >= 11 is 0. The second-order valence-electron chi connectivity index (χ2n) is 5.10. The first-order valence-corrected chi connectivity index (χ1v) is 6.49. The van der Waals surface area contributed by atoms with E-state index in [4.69, 9.17) is 0 Å². The van der Waals surface area contributed by atoms with Crippen LogP contribution in [0.1, 0.15) is 5.56 Å². The summed E-state index contributed by atoms with van der Waals surface area (Å²) in [5.41, 5.74) is 1.75. The number of benzene rings is 1. The fraction of sp³-hybridized carbons (Fsp3) is 0.286. The maximum Gasteiger partial charge on any atom is 0.429 e. The number of nitrogens with zero attached hydrogens (tertiary/aromatic N) is 3. The van der Waals surface area contributed by atoms with Crippen molar-refractivity contribution in [1.29, 1.82) is 0 Å². The highest BCUT2D eigenvalue weighted by Crippen LogP contribution is 2.27. The van der Waals surface area contributed by atoms with E-state index in [-0.39, 0.29) is 28.9 Å². The monoisotopic (exact) mass is 352 g/mol. The highest BCUT2D eigenvalue weighted by molar-refractivity contribution is 5.94. The smallest absolute Gasteiger partial charge is 0.429 e. The lowest BCUT2D eigenvalue weighted by Crippen LogP contribution is -3.00. The topological polar surface area (TPSA) is 60.5 Å². The average Bonchev–Trinajstić information content (AvgIpc) is 2.74. The number of likely N-dealkylation sites (N-methyl/N-ethyl adjacent to an activating group) is 1. The molecule has 7 heteroatoms. The van der Waals surface area contributed by atoms with Gasteiger partial charge in [0.15, 0.2) is 11.5 Å². The molecule has 0 aliphatic carbocycles. The molecule has 0 atom stereocenters. The number of carbonyl (C=O) groups excluding carboxylic acids is 2. The summed E-state index contributed by atoms with van der Waals surface area (Å²) < 4.78 is 0. The van der Waals surface area contributed by atoms with Gasteiger partial charge < -0.3 is 26.8 Å². The maximum atomic E-state index is 12.0. The van der Waals surface area contributed by atoms with Crippen LogP contribution in [0.5, 0.6) is 0 Å². The fourth-order valence-electron chi connectivity index (χ4n) is 2.69. The lowest BCUT2D eigenvalue weighted by Gasteiger charge is -2.27. The molecule has 0 spiro atoms. The zero-order valence-electron chi connectivity index (χ0n) is 11.9. The molecule has 0 unspecified atom stereocenters. The molecule has 1 aromatic carbocycles. The number of carbonyl (C=O) groups is 2. The summed E-state index contributed by atoms with van der Waals surface area (Å²) in [6.07, 6.45) is 0. The van der Waals surface area contributed by atoms with E-state index < -0.39 is 0 Å². The van der Waals surface area contributed by atoms with Crippen molar-refractivity contribution in [2.24, 2.45) is 0 Å². The highest BCUT2D eigenvalue weighted by atomic mass is 79.9. The molecule has 0 fully saturated rings. The zero-order valence-corrected chi connectivity index (χ0v) is 13.5. The number of halogens is 1. The Morgan fingerprint density at radius 2 is 1.81 bits per heavy atom.